The van der Waals surface area contributed by atoms with Crippen LogP contribution in [0.5, 0.6) is 11.5 Å². The van der Waals surface area contributed by atoms with Crippen molar-refractivity contribution in [1.29, 1.82) is 0 Å². The number of carbonyl (C=O) groups is 2. The van der Waals surface area contributed by atoms with Gasteiger partial charge in [0.1, 0.15) is 11.5 Å². The number of carbonyl (C=O) groups excluding carboxylic acids is 2. The summed E-state index contributed by atoms with van der Waals surface area (Å²) in [5.41, 5.74) is 2.20. The fourth-order valence-electron chi connectivity index (χ4n) is 3.69. The van der Waals surface area contributed by atoms with E-state index in [-0.39, 0.29) is 18.6 Å². The molecular formula is C23H28N2O5. The maximum Gasteiger partial charge on any atom is 0.338 e. The van der Waals surface area contributed by atoms with E-state index in [4.69, 9.17) is 14.2 Å². The first-order valence-corrected chi connectivity index (χ1v) is 9.90. The third-order valence-corrected chi connectivity index (χ3v) is 5.29. The van der Waals surface area contributed by atoms with Crippen LogP contribution in [0.4, 0.5) is 5.69 Å². The van der Waals surface area contributed by atoms with E-state index >= 15 is 0 Å². The van der Waals surface area contributed by atoms with Crippen molar-refractivity contribution in [2.24, 2.45) is 0 Å². The molecule has 1 aliphatic heterocycles. The Labute approximate surface area is 177 Å². The number of amides is 1. The summed E-state index contributed by atoms with van der Waals surface area (Å²) in [6, 6.07) is 12.5. The Morgan fingerprint density at radius 3 is 2.60 bits per heavy atom. The predicted molar refractivity (Wildman–Crippen MR) is 114 cm³/mol. The van der Waals surface area contributed by atoms with Crippen molar-refractivity contribution in [3.05, 3.63) is 53.6 Å². The van der Waals surface area contributed by atoms with E-state index in [0.717, 1.165) is 24.1 Å². The number of esters is 1. The lowest BCUT2D eigenvalue weighted by molar-refractivity contribution is -0.135. The Balaban J connectivity index is 1.69. The Kier molecular flexibility index (Phi) is 6.82. The zero-order chi connectivity index (χ0) is 21.7. The smallest absolute Gasteiger partial charge is 0.338 e. The molecule has 0 bridgehead atoms. The summed E-state index contributed by atoms with van der Waals surface area (Å²) in [6.45, 7) is 0.311. The minimum absolute atomic E-state index is 0.140. The van der Waals surface area contributed by atoms with Crippen LogP contribution < -0.4 is 14.4 Å². The van der Waals surface area contributed by atoms with Crippen LogP contribution >= 0.6 is 0 Å². The second-order valence-corrected chi connectivity index (χ2v) is 7.37. The van der Waals surface area contributed by atoms with Crippen LogP contribution in [0.1, 0.15) is 34.8 Å². The summed E-state index contributed by atoms with van der Waals surface area (Å²) in [4.78, 5) is 28.9. The van der Waals surface area contributed by atoms with E-state index in [1.165, 1.54) is 0 Å². The zero-order valence-corrected chi connectivity index (χ0v) is 17.9. The largest absolute Gasteiger partial charge is 0.497 e. The molecule has 7 heteroatoms. The fourth-order valence-corrected chi connectivity index (χ4v) is 3.69. The maximum absolute atomic E-state index is 12.9. The van der Waals surface area contributed by atoms with Gasteiger partial charge in [0.25, 0.3) is 5.91 Å². The van der Waals surface area contributed by atoms with Gasteiger partial charge in [-0.2, -0.15) is 0 Å². The van der Waals surface area contributed by atoms with Crippen LogP contribution in [0.3, 0.4) is 0 Å². The Bertz CT molecular complexity index is 912. The molecule has 0 N–H and O–H groups in total. The van der Waals surface area contributed by atoms with Crippen LogP contribution in [-0.2, 0) is 9.53 Å². The number of ether oxygens (including phenoxy) is 3. The fraction of sp³-hybridized carbons (Fsp3) is 0.391. The molecule has 1 atom stereocenters. The highest BCUT2D eigenvalue weighted by molar-refractivity contribution is 5.92. The number of rotatable bonds is 7. The van der Waals surface area contributed by atoms with Gasteiger partial charge in [-0.3, -0.25) is 4.79 Å². The van der Waals surface area contributed by atoms with E-state index < -0.39 is 5.97 Å². The molecule has 1 heterocycles. The molecule has 1 amide bonds. The molecule has 0 aliphatic carbocycles. The van der Waals surface area contributed by atoms with Crippen molar-refractivity contribution in [2.45, 2.75) is 18.9 Å². The second kappa shape index (κ2) is 9.52. The molecule has 0 radical (unpaired) electrons. The highest BCUT2D eigenvalue weighted by Gasteiger charge is 2.32. The van der Waals surface area contributed by atoms with E-state index in [9.17, 15) is 9.59 Å². The van der Waals surface area contributed by atoms with Crippen molar-refractivity contribution < 1.29 is 23.8 Å². The van der Waals surface area contributed by atoms with Gasteiger partial charge in [0, 0.05) is 31.9 Å². The highest BCUT2D eigenvalue weighted by atomic mass is 16.5. The Hall–Kier alpha value is -3.22. The third-order valence-electron chi connectivity index (χ3n) is 5.29. The summed E-state index contributed by atoms with van der Waals surface area (Å²) in [6.07, 6.45) is 1.68. The van der Waals surface area contributed by atoms with Gasteiger partial charge in [-0.1, -0.05) is 6.07 Å². The zero-order valence-electron chi connectivity index (χ0n) is 17.9. The molecule has 160 valence electrons. The Morgan fingerprint density at radius 1 is 1.10 bits per heavy atom. The summed E-state index contributed by atoms with van der Waals surface area (Å²) in [5, 5.41) is 0. The van der Waals surface area contributed by atoms with E-state index in [1.807, 2.05) is 43.3 Å². The summed E-state index contributed by atoms with van der Waals surface area (Å²) < 4.78 is 16.1. The highest BCUT2D eigenvalue weighted by Crippen LogP contribution is 2.38. The number of anilines is 1. The molecule has 1 saturated heterocycles. The number of methoxy groups -OCH3 is 2. The minimum atomic E-state index is -0.512. The van der Waals surface area contributed by atoms with Gasteiger partial charge in [-0.25, -0.2) is 4.79 Å². The van der Waals surface area contributed by atoms with Crippen LogP contribution in [-0.4, -0.2) is 58.2 Å². The second-order valence-electron chi connectivity index (χ2n) is 7.37. The first kappa shape index (κ1) is 21.5. The average Bonchev–Trinajstić information content (AvgIpc) is 3.26. The SMILES string of the molecule is COc1ccc(OC)c([C@H]2CCCN2C(=O)COC(=O)c2cccc(N(C)C)c2)c1. The topological polar surface area (TPSA) is 68.3 Å². The number of nitrogens with zero attached hydrogens (tertiary/aromatic N) is 2. The van der Waals surface area contributed by atoms with Crippen molar-refractivity contribution in [3.63, 3.8) is 0 Å². The number of benzene rings is 2. The minimum Gasteiger partial charge on any atom is -0.497 e. The van der Waals surface area contributed by atoms with Crippen LogP contribution in [0, 0.1) is 0 Å². The molecule has 1 aliphatic rings. The van der Waals surface area contributed by atoms with E-state index in [1.54, 1.807) is 37.3 Å². The van der Waals surface area contributed by atoms with E-state index in [0.29, 0.717) is 23.6 Å². The van der Waals surface area contributed by atoms with E-state index in [2.05, 4.69) is 0 Å². The maximum atomic E-state index is 12.9. The molecule has 3 rings (SSSR count). The van der Waals surface area contributed by atoms with Crippen LogP contribution in [0.25, 0.3) is 0 Å². The van der Waals surface area contributed by atoms with Gasteiger partial charge in [0.2, 0.25) is 0 Å². The molecule has 30 heavy (non-hydrogen) atoms. The van der Waals surface area contributed by atoms with Crippen molar-refractivity contribution in [2.75, 3.05) is 46.4 Å². The molecule has 2 aromatic carbocycles. The molecule has 1 fully saturated rings. The number of hydrogen-bond acceptors (Lipinski definition) is 6. The molecule has 2 aromatic rings. The molecule has 0 unspecified atom stereocenters. The lowest BCUT2D eigenvalue weighted by Crippen LogP contribution is -2.34. The molecule has 0 spiro atoms. The summed E-state index contributed by atoms with van der Waals surface area (Å²) in [5.74, 6) is 0.677. The molecular weight excluding hydrogens is 384 g/mol. The summed E-state index contributed by atoms with van der Waals surface area (Å²) in [7, 11) is 7.01. The van der Waals surface area contributed by atoms with Gasteiger partial charge < -0.3 is 24.0 Å². The van der Waals surface area contributed by atoms with Gasteiger partial charge in [-0.15, -0.1) is 0 Å². The number of likely N-dealkylation sites (tertiary alicyclic amines) is 1. The third kappa shape index (κ3) is 4.67. The summed E-state index contributed by atoms with van der Waals surface area (Å²) >= 11 is 0. The predicted octanol–water partition coefficient (Wildman–Crippen LogP) is 3.29. The lowest BCUT2D eigenvalue weighted by Gasteiger charge is -2.26. The van der Waals surface area contributed by atoms with Crippen molar-refractivity contribution >= 4 is 17.6 Å². The van der Waals surface area contributed by atoms with Crippen LogP contribution in [0.15, 0.2) is 42.5 Å². The van der Waals surface area contributed by atoms with Crippen LogP contribution in [0.2, 0.25) is 0 Å². The van der Waals surface area contributed by atoms with Crippen molar-refractivity contribution in [1.82, 2.24) is 4.90 Å². The lowest BCUT2D eigenvalue weighted by atomic mass is 10.0. The first-order chi connectivity index (χ1) is 14.4. The van der Waals surface area contributed by atoms with Gasteiger partial charge in [0.05, 0.1) is 25.8 Å². The quantitative estimate of drug-likeness (QED) is 0.650. The average molecular weight is 412 g/mol. The monoisotopic (exact) mass is 412 g/mol. The Morgan fingerprint density at radius 2 is 1.90 bits per heavy atom. The van der Waals surface area contributed by atoms with Gasteiger partial charge in [0.15, 0.2) is 6.61 Å². The standard InChI is InChI=1S/C23H28N2O5/c1-24(2)17-8-5-7-16(13-17)23(27)30-15-22(26)25-12-6-9-20(25)19-14-18(28-3)10-11-21(19)29-4/h5,7-8,10-11,13-14,20H,6,9,12,15H2,1-4H3/t20-/m1/s1. The molecule has 7 nitrogen and oxygen atoms in total. The normalized spacial score (nSPS) is 15.6. The van der Waals surface area contributed by atoms with Crippen molar-refractivity contribution in [3.8, 4) is 11.5 Å². The van der Waals surface area contributed by atoms with Gasteiger partial charge >= 0.3 is 5.97 Å². The first-order valence-electron chi connectivity index (χ1n) is 9.90. The molecule has 0 saturated carbocycles. The van der Waals surface area contributed by atoms with Gasteiger partial charge in [-0.05, 0) is 49.2 Å². The molecule has 0 aromatic heterocycles. The number of hydrogen-bond donors (Lipinski definition) is 0.